The minimum absolute atomic E-state index is 0.0560. The Labute approximate surface area is 102 Å². The second-order valence-electron chi connectivity index (χ2n) is 5.30. The maximum Gasteiger partial charge on any atom is 0.410 e. The van der Waals surface area contributed by atoms with Gasteiger partial charge in [-0.3, -0.25) is 0 Å². The van der Waals surface area contributed by atoms with Crippen LogP contribution < -0.4 is 0 Å². The molecule has 1 rings (SSSR count). The van der Waals surface area contributed by atoms with E-state index >= 15 is 0 Å². The van der Waals surface area contributed by atoms with Gasteiger partial charge in [-0.05, 0) is 27.2 Å². The minimum Gasteiger partial charge on any atom is -0.444 e. The smallest absolute Gasteiger partial charge is 0.410 e. The molecule has 0 aliphatic carbocycles. The van der Waals surface area contributed by atoms with Crippen LogP contribution in [-0.2, 0) is 9.47 Å². The van der Waals surface area contributed by atoms with Crippen molar-refractivity contribution < 1.29 is 14.3 Å². The molecular weight excluding hydrogens is 220 g/mol. The SMILES string of the molecule is COCC1CC(C#N)CN1C(=O)OC(C)(C)C. The van der Waals surface area contributed by atoms with E-state index in [1.54, 1.807) is 12.0 Å². The van der Waals surface area contributed by atoms with E-state index in [0.717, 1.165) is 0 Å². The van der Waals surface area contributed by atoms with Crippen LogP contribution in [0.2, 0.25) is 0 Å². The number of ether oxygens (including phenoxy) is 2. The molecule has 1 aliphatic heterocycles. The Kier molecular flexibility index (Phi) is 4.35. The zero-order valence-corrected chi connectivity index (χ0v) is 10.9. The summed E-state index contributed by atoms with van der Waals surface area (Å²) in [6, 6.07) is 2.14. The third-order valence-electron chi connectivity index (χ3n) is 2.58. The number of nitriles is 1. The average molecular weight is 240 g/mol. The zero-order chi connectivity index (χ0) is 13.1. The molecule has 0 N–H and O–H groups in total. The van der Waals surface area contributed by atoms with Crippen molar-refractivity contribution in [2.45, 2.75) is 38.8 Å². The predicted octanol–water partition coefficient (Wildman–Crippen LogP) is 1.78. The molecule has 0 saturated carbocycles. The molecule has 0 aromatic heterocycles. The number of carbonyl (C=O) groups is 1. The molecule has 1 heterocycles. The molecule has 1 saturated heterocycles. The molecule has 0 radical (unpaired) electrons. The monoisotopic (exact) mass is 240 g/mol. The number of methoxy groups -OCH3 is 1. The highest BCUT2D eigenvalue weighted by Crippen LogP contribution is 2.25. The van der Waals surface area contributed by atoms with E-state index in [2.05, 4.69) is 6.07 Å². The maximum absolute atomic E-state index is 11.9. The lowest BCUT2D eigenvalue weighted by Crippen LogP contribution is -2.41. The van der Waals surface area contributed by atoms with E-state index in [4.69, 9.17) is 14.7 Å². The largest absolute Gasteiger partial charge is 0.444 e. The van der Waals surface area contributed by atoms with Crippen LogP contribution in [0.5, 0.6) is 0 Å². The van der Waals surface area contributed by atoms with Gasteiger partial charge in [0.2, 0.25) is 0 Å². The van der Waals surface area contributed by atoms with Crippen LogP contribution in [0.15, 0.2) is 0 Å². The van der Waals surface area contributed by atoms with Gasteiger partial charge in [0, 0.05) is 13.7 Å². The first-order valence-corrected chi connectivity index (χ1v) is 5.75. The molecule has 0 aromatic rings. The number of likely N-dealkylation sites (tertiary alicyclic amines) is 1. The van der Waals surface area contributed by atoms with Crippen molar-refractivity contribution in [3.63, 3.8) is 0 Å². The molecule has 0 aromatic carbocycles. The summed E-state index contributed by atoms with van der Waals surface area (Å²) in [6.45, 7) is 6.35. The number of nitrogens with zero attached hydrogens (tertiary/aromatic N) is 2. The van der Waals surface area contributed by atoms with Crippen LogP contribution in [0, 0.1) is 17.2 Å². The van der Waals surface area contributed by atoms with Crippen LogP contribution in [0.1, 0.15) is 27.2 Å². The summed E-state index contributed by atoms with van der Waals surface area (Å²) in [5.41, 5.74) is -0.514. The number of hydrogen-bond donors (Lipinski definition) is 0. The van der Waals surface area contributed by atoms with Gasteiger partial charge in [-0.1, -0.05) is 0 Å². The van der Waals surface area contributed by atoms with Gasteiger partial charge in [0.15, 0.2) is 0 Å². The Morgan fingerprint density at radius 3 is 2.65 bits per heavy atom. The van der Waals surface area contributed by atoms with E-state index < -0.39 is 5.60 Å². The van der Waals surface area contributed by atoms with Gasteiger partial charge in [-0.2, -0.15) is 5.26 Å². The second kappa shape index (κ2) is 5.37. The third kappa shape index (κ3) is 3.90. The summed E-state index contributed by atoms with van der Waals surface area (Å²) < 4.78 is 10.4. The van der Waals surface area contributed by atoms with Crippen molar-refractivity contribution in [3.05, 3.63) is 0 Å². The fourth-order valence-corrected chi connectivity index (χ4v) is 1.90. The number of rotatable bonds is 2. The van der Waals surface area contributed by atoms with Gasteiger partial charge in [-0.15, -0.1) is 0 Å². The topological polar surface area (TPSA) is 62.6 Å². The van der Waals surface area contributed by atoms with E-state index in [1.165, 1.54) is 0 Å². The Bertz CT molecular complexity index is 317. The summed E-state index contributed by atoms with van der Waals surface area (Å²) in [6.07, 6.45) is 0.293. The molecule has 17 heavy (non-hydrogen) atoms. The van der Waals surface area contributed by atoms with Gasteiger partial charge >= 0.3 is 6.09 Å². The van der Waals surface area contributed by atoms with E-state index in [9.17, 15) is 4.79 Å². The maximum atomic E-state index is 11.9. The standard InChI is InChI=1S/C12H20N2O3/c1-12(2,3)17-11(15)14-7-9(6-13)5-10(14)8-16-4/h9-10H,5,7-8H2,1-4H3. The Morgan fingerprint density at radius 1 is 1.53 bits per heavy atom. The van der Waals surface area contributed by atoms with Crippen molar-refractivity contribution in [2.24, 2.45) is 5.92 Å². The van der Waals surface area contributed by atoms with E-state index in [0.29, 0.717) is 19.6 Å². The average Bonchev–Trinajstić information content (AvgIpc) is 2.59. The van der Waals surface area contributed by atoms with Crippen LogP contribution in [0.4, 0.5) is 4.79 Å². The number of carbonyl (C=O) groups excluding carboxylic acids is 1. The van der Waals surface area contributed by atoms with Crippen molar-refractivity contribution in [1.29, 1.82) is 5.26 Å². The fraction of sp³-hybridized carbons (Fsp3) is 0.833. The lowest BCUT2D eigenvalue weighted by atomic mass is 10.1. The van der Waals surface area contributed by atoms with E-state index in [1.807, 2.05) is 20.8 Å². The molecule has 5 heteroatoms. The summed E-state index contributed by atoms with van der Waals surface area (Å²) >= 11 is 0. The molecule has 2 atom stereocenters. The van der Waals surface area contributed by atoms with Crippen LogP contribution >= 0.6 is 0 Å². The first kappa shape index (κ1) is 13.8. The summed E-state index contributed by atoms with van der Waals surface area (Å²) in [5, 5.41) is 8.91. The first-order chi connectivity index (χ1) is 7.87. The highest BCUT2D eigenvalue weighted by Gasteiger charge is 2.37. The molecule has 2 unspecified atom stereocenters. The summed E-state index contributed by atoms with van der Waals surface area (Å²) in [5.74, 6) is -0.123. The lowest BCUT2D eigenvalue weighted by molar-refractivity contribution is 0.0147. The Morgan fingerprint density at radius 2 is 2.18 bits per heavy atom. The van der Waals surface area contributed by atoms with Crippen molar-refractivity contribution in [3.8, 4) is 6.07 Å². The van der Waals surface area contributed by atoms with Crippen LogP contribution in [0.3, 0.4) is 0 Å². The van der Waals surface area contributed by atoms with Gasteiger partial charge < -0.3 is 14.4 Å². The number of hydrogen-bond acceptors (Lipinski definition) is 4. The highest BCUT2D eigenvalue weighted by atomic mass is 16.6. The Balaban J connectivity index is 2.67. The summed E-state index contributed by atoms with van der Waals surface area (Å²) in [4.78, 5) is 13.5. The fourth-order valence-electron chi connectivity index (χ4n) is 1.90. The quantitative estimate of drug-likeness (QED) is 0.738. The molecule has 5 nitrogen and oxygen atoms in total. The predicted molar refractivity (Wildman–Crippen MR) is 62.3 cm³/mol. The van der Waals surface area contributed by atoms with Crippen LogP contribution in [-0.4, -0.2) is 42.9 Å². The van der Waals surface area contributed by atoms with Crippen molar-refractivity contribution in [2.75, 3.05) is 20.3 Å². The zero-order valence-electron chi connectivity index (χ0n) is 10.9. The summed E-state index contributed by atoms with van der Waals surface area (Å²) in [7, 11) is 1.59. The molecule has 1 aliphatic rings. The second-order valence-corrected chi connectivity index (χ2v) is 5.30. The molecule has 1 amide bonds. The molecular formula is C12H20N2O3. The first-order valence-electron chi connectivity index (χ1n) is 5.75. The van der Waals surface area contributed by atoms with Gasteiger partial charge in [0.1, 0.15) is 5.60 Å². The molecule has 0 spiro atoms. The van der Waals surface area contributed by atoms with Crippen molar-refractivity contribution >= 4 is 6.09 Å². The normalized spacial score (nSPS) is 24.5. The van der Waals surface area contributed by atoms with E-state index in [-0.39, 0.29) is 18.1 Å². The highest BCUT2D eigenvalue weighted by molar-refractivity contribution is 5.69. The molecule has 96 valence electrons. The van der Waals surface area contributed by atoms with Gasteiger partial charge in [0.05, 0.1) is 24.6 Å². The third-order valence-corrected chi connectivity index (χ3v) is 2.58. The van der Waals surface area contributed by atoms with Crippen LogP contribution in [0.25, 0.3) is 0 Å². The number of amides is 1. The van der Waals surface area contributed by atoms with Crippen molar-refractivity contribution in [1.82, 2.24) is 4.90 Å². The molecule has 0 bridgehead atoms. The molecule has 1 fully saturated rings. The van der Waals surface area contributed by atoms with Gasteiger partial charge in [0.25, 0.3) is 0 Å². The van der Waals surface area contributed by atoms with Gasteiger partial charge in [-0.25, -0.2) is 4.79 Å². The Hall–Kier alpha value is -1.28. The lowest BCUT2D eigenvalue weighted by Gasteiger charge is -2.28. The minimum atomic E-state index is -0.514.